The van der Waals surface area contributed by atoms with Crippen LogP contribution in [0, 0.1) is 0 Å². The molecule has 30 heavy (non-hydrogen) atoms. The summed E-state index contributed by atoms with van der Waals surface area (Å²) < 4.78 is 17.3. The maximum atomic E-state index is 10.7. The second kappa shape index (κ2) is 7.17. The quantitative estimate of drug-likeness (QED) is 0.566. The van der Waals surface area contributed by atoms with E-state index in [0.717, 1.165) is 28.9 Å². The minimum Gasteiger partial charge on any atom is -0.493 e. The molecule has 3 aliphatic heterocycles. The van der Waals surface area contributed by atoms with Crippen LogP contribution in [0.4, 0.5) is 0 Å². The van der Waals surface area contributed by atoms with Crippen molar-refractivity contribution >= 4 is 11.6 Å². The van der Waals surface area contributed by atoms with Crippen molar-refractivity contribution in [2.75, 3.05) is 19.8 Å². The van der Waals surface area contributed by atoms with Crippen molar-refractivity contribution in [2.45, 2.75) is 42.5 Å². The van der Waals surface area contributed by atoms with E-state index < -0.39 is 36.3 Å². The van der Waals surface area contributed by atoms with E-state index in [1.165, 1.54) is 0 Å². The van der Waals surface area contributed by atoms with E-state index in [1.807, 2.05) is 12.1 Å². The van der Waals surface area contributed by atoms with Crippen LogP contribution in [0.15, 0.2) is 36.4 Å². The molecule has 0 unspecified atom stereocenters. The highest BCUT2D eigenvalue weighted by Crippen LogP contribution is 2.49. The van der Waals surface area contributed by atoms with Gasteiger partial charge in [-0.3, -0.25) is 0 Å². The Balaban J connectivity index is 1.50. The Morgan fingerprint density at radius 3 is 2.70 bits per heavy atom. The molecule has 7 nitrogen and oxygen atoms in total. The number of aliphatic hydroxyl groups is 4. The van der Waals surface area contributed by atoms with E-state index >= 15 is 0 Å². The molecular formula is C22H23ClO7. The Hall–Kier alpha value is -1.71. The summed E-state index contributed by atoms with van der Waals surface area (Å²) in [4.78, 5) is 0. The fourth-order valence-electron chi connectivity index (χ4n) is 4.57. The van der Waals surface area contributed by atoms with Crippen molar-refractivity contribution in [1.29, 1.82) is 0 Å². The first-order valence-electron chi connectivity index (χ1n) is 9.91. The van der Waals surface area contributed by atoms with Crippen molar-refractivity contribution < 1.29 is 34.6 Å². The first kappa shape index (κ1) is 20.2. The molecule has 0 aliphatic carbocycles. The fraction of sp³-hybridized carbons (Fsp3) is 0.455. The fourth-order valence-corrected chi connectivity index (χ4v) is 4.76. The van der Waals surface area contributed by atoms with Crippen molar-refractivity contribution in [3.05, 3.63) is 63.7 Å². The number of aliphatic hydroxyl groups excluding tert-OH is 4. The molecule has 8 heteroatoms. The van der Waals surface area contributed by atoms with Gasteiger partial charge in [-0.1, -0.05) is 29.8 Å². The third kappa shape index (κ3) is 2.89. The summed E-state index contributed by atoms with van der Waals surface area (Å²) in [5, 5.41) is 41.7. The van der Waals surface area contributed by atoms with Crippen LogP contribution >= 0.6 is 11.6 Å². The molecular weight excluding hydrogens is 412 g/mol. The molecule has 3 aliphatic rings. The van der Waals surface area contributed by atoms with E-state index in [4.69, 9.17) is 25.8 Å². The Labute approximate surface area is 178 Å². The SMILES string of the molecule is OC[C@@]12CO[C@@](c3ccc(Cl)c(Cc4ccc5c(c4)CCO5)c3)(O1)[C@H](O)[C@@H](O)[C@@H]2O. The van der Waals surface area contributed by atoms with Gasteiger partial charge in [0.1, 0.15) is 29.7 Å². The van der Waals surface area contributed by atoms with Crippen molar-refractivity contribution in [2.24, 2.45) is 0 Å². The Kier molecular flexibility index (Phi) is 4.83. The molecule has 0 amide bonds. The van der Waals surface area contributed by atoms with Crippen LogP contribution in [0.25, 0.3) is 0 Å². The van der Waals surface area contributed by atoms with Crippen LogP contribution in [-0.4, -0.2) is 64.2 Å². The van der Waals surface area contributed by atoms with Crippen LogP contribution in [0.1, 0.15) is 22.3 Å². The number of halogens is 1. The summed E-state index contributed by atoms with van der Waals surface area (Å²) in [6.45, 7) is -0.0379. The molecule has 3 heterocycles. The van der Waals surface area contributed by atoms with Crippen molar-refractivity contribution in [3.63, 3.8) is 0 Å². The summed E-state index contributed by atoms with van der Waals surface area (Å²) in [5.41, 5.74) is 1.98. The highest BCUT2D eigenvalue weighted by atomic mass is 35.5. The lowest BCUT2D eigenvalue weighted by molar-refractivity contribution is -0.329. The lowest BCUT2D eigenvalue weighted by Crippen LogP contribution is -2.65. The average Bonchev–Trinajstić information content (AvgIpc) is 3.37. The van der Waals surface area contributed by atoms with Crippen molar-refractivity contribution in [3.8, 4) is 5.75 Å². The lowest BCUT2D eigenvalue weighted by Gasteiger charge is -2.46. The molecule has 0 aromatic heterocycles. The number of fused-ring (bicyclic) bond motifs is 3. The molecule has 0 saturated carbocycles. The number of hydrogen-bond donors (Lipinski definition) is 4. The number of hydrogen-bond acceptors (Lipinski definition) is 7. The third-order valence-corrected chi connectivity index (χ3v) is 6.69. The Morgan fingerprint density at radius 1 is 1.07 bits per heavy atom. The summed E-state index contributed by atoms with van der Waals surface area (Å²) in [6, 6.07) is 11.2. The molecule has 5 rings (SSSR count). The number of rotatable bonds is 4. The summed E-state index contributed by atoms with van der Waals surface area (Å²) in [6.07, 6.45) is -3.14. The predicted molar refractivity (Wildman–Crippen MR) is 106 cm³/mol. The van der Waals surface area contributed by atoms with E-state index in [1.54, 1.807) is 18.2 Å². The number of ether oxygens (including phenoxy) is 3. The molecule has 5 atom stereocenters. The zero-order valence-corrected chi connectivity index (χ0v) is 16.9. The van der Waals surface area contributed by atoms with E-state index in [-0.39, 0.29) is 6.61 Å². The summed E-state index contributed by atoms with van der Waals surface area (Å²) in [5.74, 6) is -0.796. The second-order valence-electron chi connectivity index (χ2n) is 8.18. The van der Waals surface area contributed by atoms with Crippen LogP contribution in [0.3, 0.4) is 0 Å². The van der Waals surface area contributed by atoms with E-state index in [0.29, 0.717) is 23.6 Å². The molecule has 0 radical (unpaired) electrons. The van der Waals surface area contributed by atoms with Crippen LogP contribution in [0.2, 0.25) is 5.02 Å². The molecule has 2 saturated heterocycles. The van der Waals surface area contributed by atoms with Crippen LogP contribution in [0.5, 0.6) is 5.75 Å². The first-order valence-corrected chi connectivity index (χ1v) is 10.3. The van der Waals surface area contributed by atoms with Gasteiger partial charge in [-0.2, -0.15) is 0 Å². The highest BCUT2D eigenvalue weighted by molar-refractivity contribution is 6.31. The first-order chi connectivity index (χ1) is 14.4. The largest absolute Gasteiger partial charge is 0.493 e. The zero-order chi connectivity index (χ0) is 21.1. The standard InChI is InChI=1S/C22H23ClO7/c23-16-3-2-15(9-14(16)8-12-1-4-17-13(7-12)5-6-28-17)22-20(27)18(25)19(26)21(10-24,30-22)11-29-22/h1-4,7,9,18-20,24-27H,5-6,8,10-11H2/t18-,19-,20+,21-,22-/m0/s1. The van der Waals surface area contributed by atoms with Gasteiger partial charge in [0.15, 0.2) is 0 Å². The van der Waals surface area contributed by atoms with Crippen LogP contribution < -0.4 is 4.74 Å². The highest BCUT2D eigenvalue weighted by Gasteiger charge is 2.67. The Morgan fingerprint density at radius 2 is 1.90 bits per heavy atom. The molecule has 2 aromatic carbocycles. The maximum Gasteiger partial charge on any atom is 0.225 e. The smallest absolute Gasteiger partial charge is 0.225 e. The molecule has 2 aromatic rings. The summed E-state index contributed by atoms with van der Waals surface area (Å²) >= 11 is 6.45. The van der Waals surface area contributed by atoms with Gasteiger partial charge in [0, 0.05) is 17.0 Å². The van der Waals surface area contributed by atoms with Gasteiger partial charge in [0.05, 0.1) is 19.8 Å². The van der Waals surface area contributed by atoms with Crippen molar-refractivity contribution in [1.82, 2.24) is 0 Å². The van der Waals surface area contributed by atoms with Gasteiger partial charge in [-0.05, 0) is 41.3 Å². The van der Waals surface area contributed by atoms with Gasteiger partial charge in [-0.15, -0.1) is 0 Å². The van der Waals surface area contributed by atoms with E-state index in [9.17, 15) is 20.4 Å². The monoisotopic (exact) mass is 434 g/mol. The van der Waals surface area contributed by atoms with Gasteiger partial charge in [-0.25, -0.2) is 0 Å². The van der Waals surface area contributed by atoms with Gasteiger partial charge >= 0.3 is 0 Å². The van der Waals surface area contributed by atoms with Gasteiger partial charge in [0.2, 0.25) is 5.79 Å². The molecule has 2 fully saturated rings. The molecule has 2 bridgehead atoms. The molecule has 4 N–H and O–H groups in total. The Bertz CT molecular complexity index is 982. The van der Waals surface area contributed by atoms with Gasteiger partial charge in [0.25, 0.3) is 0 Å². The average molecular weight is 435 g/mol. The second-order valence-corrected chi connectivity index (χ2v) is 8.59. The number of benzene rings is 2. The van der Waals surface area contributed by atoms with Crippen LogP contribution in [-0.2, 0) is 28.1 Å². The lowest BCUT2D eigenvalue weighted by atomic mass is 9.83. The molecule has 160 valence electrons. The normalized spacial score (nSPS) is 34.6. The third-order valence-electron chi connectivity index (χ3n) is 6.33. The minimum absolute atomic E-state index is 0.165. The molecule has 0 spiro atoms. The topological polar surface area (TPSA) is 109 Å². The maximum absolute atomic E-state index is 10.7. The summed E-state index contributed by atoms with van der Waals surface area (Å²) in [7, 11) is 0. The van der Waals surface area contributed by atoms with Gasteiger partial charge < -0.3 is 34.6 Å². The zero-order valence-electron chi connectivity index (χ0n) is 16.1. The predicted octanol–water partition coefficient (Wildman–Crippen LogP) is 0.893. The van der Waals surface area contributed by atoms with E-state index in [2.05, 4.69) is 6.07 Å². The minimum atomic E-state index is -1.70.